The highest BCUT2D eigenvalue weighted by atomic mass is 32.2. The largest absolute Gasteiger partial charge is 0.273 e. The Morgan fingerprint density at radius 1 is 1.27 bits per heavy atom. The van der Waals surface area contributed by atoms with Crippen LogP contribution in [0.15, 0.2) is 30.3 Å². The highest BCUT2D eigenvalue weighted by Crippen LogP contribution is 2.17. The third-order valence-electron chi connectivity index (χ3n) is 3.38. The van der Waals surface area contributed by atoms with Crippen LogP contribution >= 0.6 is 0 Å². The van der Waals surface area contributed by atoms with Gasteiger partial charge in [0.2, 0.25) is 5.91 Å². The van der Waals surface area contributed by atoms with Crippen LogP contribution in [-0.2, 0) is 19.4 Å². The molecule has 1 aromatic carbocycles. The Morgan fingerprint density at radius 2 is 2.05 bits per heavy atom. The molecule has 0 saturated carbocycles. The van der Waals surface area contributed by atoms with Gasteiger partial charge in [0, 0.05) is 6.08 Å². The predicted molar refractivity (Wildman–Crippen MR) is 83.3 cm³/mol. The van der Waals surface area contributed by atoms with Crippen molar-refractivity contribution in [2.24, 2.45) is 5.92 Å². The van der Waals surface area contributed by atoms with Gasteiger partial charge in [-0.05, 0) is 25.0 Å². The van der Waals surface area contributed by atoms with Gasteiger partial charge in [-0.2, -0.15) is 0 Å². The van der Waals surface area contributed by atoms with Crippen molar-refractivity contribution in [3.05, 3.63) is 41.5 Å². The monoisotopic (exact) mass is 322 g/mol. The van der Waals surface area contributed by atoms with Gasteiger partial charge < -0.3 is 0 Å². The van der Waals surface area contributed by atoms with Crippen molar-refractivity contribution < 1.29 is 18.0 Å². The number of nitrogens with one attached hydrogen (secondary N) is 2. The lowest BCUT2D eigenvalue weighted by atomic mass is 10.1. The zero-order valence-electron chi connectivity index (χ0n) is 12.2. The lowest BCUT2D eigenvalue weighted by Gasteiger charge is -2.09. The third-order valence-corrected chi connectivity index (χ3v) is 5.15. The molecule has 2 rings (SSSR count). The lowest BCUT2D eigenvalue weighted by molar-refractivity contribution is -0.129. The summed E-state index contributed by atoms with van der Waals surface area (Å²) in [5.74, 6) is -1.68. The summed E-state index contributed by atoms with van der Waals surface area (Å²) in [6.07, 6.45) is 3.23. The van der Waals surface area contributed by atoms with Crippen LogP contribution in [0.25, 0.3) is 6.08 Å². The van der Waals surface area contributed by atoms with E-state index < -0.39 is 27.6 Å². The predicted octanol–water partition coefficient (Wildman–Crippen LogP) is 0.590. The molecule has 1 saturated heterocycles. The van der Waals surface area contributed by atoms with Crippen molar-refractivity contribution in [2.45, 2.75) is 13.3 Å². The van der Waals surface area contributed by atoms with Crippen LogP contribution in [-0.4, -0.2) is 31.7 Å². The first-order valence-electron chi connectivity index (χ1n) is 6.91. The summed E-state index contributed by atoms with van der Waals surface area (Å²) in [4.78, 5) is 23.4. The van der Waals surface area contributed by atoms with E-state index in [1.165, 1.54) is 6.08 Å². The molecule has 1 aromatic rings. The van der Waals surface area contributed by atoms with Crippen LogP contribution in [0.4, 0.5) is 0 Å². The van der Waals surface area contributed by atoms with Gasteiger partial charge >= 0.3 is 0 Å². The van der Waals surface area contributed by atoms with Crippen LogP contribution in [0.1, 0.15) is 17.5 Å². The molecule has 1 aliphatic rings. The van der Waals surface area contributed by atoms with Gasteiger partial charge in [-0.25, -0.2) is 8.42 Å². The van der Waals surface area contributed by atoms with Crippen molar-refractivity contribution in [3.8, 4) is 0 Å². The standard InChI is InChI=1S/C15H18N2O4S/c1-11-3-2-4-12(9-11)5-6-14(18)16-17-15(19)13-7-8-22(20,21)10-13/h2-6,9,13H,7-8,10H2,1H3,(H,16,18)(H,17,19)/b6-5+/t13-/m0/s1. The quantitative estimate of drug-likeness (QED) is 0.629. The first kappa shape index (κ1) is 16.2. The fraction of sp³-hybridized carbons (Fsp3) is 0.333. The number of hydrazine groups is 1. The maximum Gasteiger partial charge on any atom is 0.262 e. The van der Waals surface area contributed by atoms with Gasteiger partial charge in [0.05, 0.1) is 17.4 Å². The molecule has 0 aliphatic carbocycles. The number of sulfone groups is 1. The van der Waals surface area contributed by atoms with Crippen molar-refractivity contribution in [3.63, 3.8) is 0 Å². The average Bonchev–Trinajstić information content (AvgIpc) is 2.83. The van der Waals surface area contributed by atoms with Gasteiger partial charge in [0.1, 0.15) is 0 Å². The van der Waals surface area contributed by atoms with E-state index in [9.17, 15) is 18.0 Å². The molecule has 1 aliphatic heterocycles. The minimum atomic E-state index is -3.12. The molecule has 118 valence electrons. The summed E-state index contributed by atoms with van der Waals surface area (Å²) in [6, 6.07) is 7.62. The Bertz CT molecular complexity index is 710. The molecule has 1 fully saturated rings. The van der Waals surface area contributed by atoms with Crippen LogP contribution < -0.4 is 10.9 Å². The molecule has 7 heteroatoms. The molecular formula is C15H18N2O4S. The number of aryl methyl sites for hydroxylation is 1. The minimum absolute atomic E-state index is 0.0201. The molecule has 22 heavy (non-hydrogen) atoms. The van der Waals surface area contributed by atoms with Crippen LogP contribution in [0.3, 0.4) is 0 Å². The highest BCUT2D eigenvalue weighted by molar-refractivity contribution is 7.91. The number of hydrogen-bond acceptors (Lipinski definition) is 4. The Hall–Kier alpha value is -2.15. The van der Waals surface area contributed by atoms with E-state index in [0.717, 1.165) is 11.1 Å². The summed E-state index contributed by atoms with van der Waals surface area (Å²) < 4.78 is 22.6. The van der Waals surface area contributed by atoms with Crippen molar-refractivity contribution in [1.82, 2.24) is 10.9 Å². The average molecular weight is 322 g/mol. The smallest absolute Gasteiger partial charge is 0.262 e. The summed E-state index contributed by atoms with van der Waals surface area (Å²) in [5.41, 5.74) is 6.47. The molecule has 0 spiro atoms. The second-order valence-corrected chi connectivity index (χ2v) is 7.55. The molecule has 2 amide bonds. The molecule has 0 radical (unpaired) electrons. The highest BCUT2D eigenvalue weighted by Gasteiger charge is 2.32. The van der Waals surface area contributed by atoms with Gasteiger partial charge in [-0.3, -0.25) is 20.4 Å². The van der Waals surface area contributed by atoms with Crippen LogP contribution in [0.5, 0.6) is 0 Å². The Kier molecular flexibility index (Phi) is 4.97. The van der Waals surface area contributed by atoms with E-state index in [4.69, 9.17) is 0 Å². The zero-order chi connectivity index (χ0) is 16.2. The molecule has 1 heterocycles. The molecule has 0 aromatic heterocycles. The van der Waals surface area contributed by atoms with Crippen molar-refractivity contribution in [2.75, 3.05) is 11.5 Å². The van der Waals surface area contributed by atoms with E-state index in [2.05, 4.69) is 10.9 Å². The van der Waals surface area contributed by atoms with E-state index in [1.807, 2.05) is 31.2 Å². The summed E-state index contributed by atoms with van der Waals surface area (Å²) in [6.45, 7) is 1.95. The first-order valence-corrected chi connectivity index (χ1v) is 8.73. The number of hydrogen-bond donors (Lipinski definition) is 2. The van der Waals surface area contributed by atoms with E-state index >= 15 is 0 Å². The first-order chi connectivity index (χ1) is 10.4. The Balaban J connectivity index is 1.82. The fourth-order valence-corrected chi connectivity index (χ4v) is 3.96. The second kappa shape index (κ2) is 6.74. The normalized spacial score (nSPS) is 20.0. The van der Waals surface area contributed by atoms with Gasteiger partial charge in [0.25, 0.3) is 5.91 Å². The van der Waals surface area contributed by atoms with Gasteiger partial charge in [-0.1, -0.05) is 29.8 Å². The van der Waals surface area contributed by atoms with Crippen LogP contribution in [0, 0.1) is 12.8 Å². The number of carbonyl (C=O) groups is 2. The summed E-state index contributed by atoms with van der Waals surface area (Å²) >= 11 is 0. The minimum Gasteiger partial charge on any atom is -0.273 e. The summed E-state index contributed by atoms with van der Waals surface area (Å²) in [7, 11) is -3.12. The SMILES string of the molecule is Cc1cccc(/C=C/C(=O)NNC(=O)[C@H]2CCS(=O)(=O)C2)c1. The molecule has 2 N–H and O–H groups in total. The van der Waals surface area contributed by atoms with Gasteiger partial charge in [0.15, 0.2) is 9.84 Å². The number of benzene rings is 1. The Labute approximate surface area is 129 Å². The number of amides is 2. The maximum atomic E-state index is 11.7. The van der Waals surface area contributed by atoms with E-state index in [-0.39, 0.29) is 11.5 Å². The molecule has 0 unspecified atom stereocenters. The fourth-order valence-electron chi connectivity index (χ4n) is 2.21. The second-order valence-electron chi connectivity index (χ2n) is 5.33. The molecule has 1 atom stereocenters. The lowest BCUT2D eigenvalue weighted by Crippen LogP contribution is -2.44. The zero-order valence-corrected chi connectivity index (χ0v) is 13.0. The summed E-state index contributed by atoms with van der Waals surface area (Å²) in [5, 5.41) is 0. The molecule has 6 nitrogen and oxygen atoms in total. The van der Waals surface area contributed by atoms with Crippen molar-refractivity contribution in [1.29, 1.82) is 0 Å². The maximum absolute atomic E-state index is 11.7. The molecular weight excluding hydrogens is 304 g/mol. The third kappa shape index (κ3) is 4.70. The van der Waals surface area contributed by atoms with Crippen molar-refractivity contribution >= 4 is 27.7 Å². The Morgan fingerprint density at radius 3 is 2.68 bits per heavy atom. The van der Waals surface area contributed by atoms with E-state index in [0.29, 0.717) is 6.42 Å². The van der Waals surface area contributed by atoms with Crippen LogP contribution in [0.2, 0.25) is 0 Å². The number of carbonyl (C=O) groups excluding carboxylic acids is 2. The number of rotatable bonds is 3. The van der Waals surface area contributed by atoms with E-state index in [1.54, 1.807) is 6.08 Å². The van der Waals surface area contributed by atoms with Gasteiger partial charge in [-0.15, -0.1) is 0 Å². The molecule has 0 bridgehead atoms. The topological polar surface area (TPSA) is 92.3 Å².